The smallest absolute Gasteiger partial charge is 0.304 e. The Morgan fingerprint density at radius 2 is 1.52 bits per heavy atom. The highest BCUT2D eigenvalue weighted by Gasteiger charge is 2.47. The molecular weight excluding hydrogens is 386 g/mol. The van der Waals surface area contributed by atoms with Gasteiger partial charge in [0, 0.05) is 16.7 Å². The van der Waals surface area contributed by atoms with E-state index in [4.69, 9.17) is 0 Å². The molecule has 3 aromatic carbocycles. The number of nitrogens with zero attached hydrogens (tertiary/aromatic N) is 1. The van der Waals surface area contributed by atoms with E-state index in [1.54, 1.807) is 24.3 Å². The third-order valence-electron chi connectivity index (χ3n) is 5.61. The lowest BCUT2D eigenvalue weighted by Crippen LogP contribution is -2.42. The van der Waals surface area contributed by atoms with Crippen molar-refractivity contribution in [3.8, 4) is 0 Å². The third kappa shape index (κ3) is 4.26. The molecule has 5 heteroatoms. The van der Waals surface area contributed by atoms with Crippen molar-refractivity contribution >= 4 is 18.0 Å². The summed E-state index contributed by atoms with van der Waals surface area (Å²) >= 11 is 0. The average Bonchev–Trinajstić information content (AvgIpc) is 3.06. The first kappa shape index (κ1) is 20.5. The van der Waals surface area contributed by atoms with Crippen molar-refractivity contribution in [3.63, 3.8) is 0 Å². The zero-order valence-corrected chi connectivity index (χ0v) is 17.9. The standard InChI is InChI=1S/C26H25N3O2/c1-17-14-18(2)22(19(3)15-17)16-29-24(20-10-6-4-7-11-20)23(26(31)28-29)27-25(30)21-12-8-5-9-13-21/h4-16,23-24H,1-3H3,(H-,27,28,30,31)/p+1/b29-16-/t23-,24-/m0/s1. The van der Waals surface area contributed by atoms with Crippen LogP contribution >= 0.6 is 0 Å². The zero-order valence-electron chi connectivity index (χ0n) is 17.9. The molecule has 2 atom stereocenters. The van der Waals surface area contributed by atoms with E-state index in [1.807, 2.05) is 47.3 Å². The lowest BCUT2D eigenvalue weighted by Gasteiger charge is -2.15. The molecule has 1 saturated heterocycles. The van der Waals surface area contributed by atoms with Gasteiger partial charge < -0.3 is 5.32 Å². The fourth-order valence-electron chi connectivity index (χ4n) is 4.18. The Balaban J connectivity index is 1.75. The predicted molar refractivity (Wildman–Crippen MR) is 121 cm³/mol. The van der Waals surface area contributed by atoms with Crippen molar-refractivity contribution in [2.45, 2.75) is 32.9 Å². The van der Waals surface area contributed by atoms with Crippen molar-refractivity contribution in [2.24, 2.45) is 0 Å². The number of amides is 2. The van der Waals surface area contributed by atoms with Crippen LogP contribution in [0.2, 0.25) is 0 Å². The van der Waals surface area contributed by atoms with Crippen LogP contribution in [0.4, 0.5) is 0 Å². The van der Waals surface area contributed by atoms with Crippen molar-refractivity contribution in [3.05, 3.63) is 106 Å². The molecule has 0 aromatic heterocycles. The number of hydrogen-bond donors (Lipinski definition) is 2. The van der Waals surface area contributed by atoms with Crippen LogP contribution in [-0.2, 0) is 4.79 Å². The number of nitrogens with one attached hydrogen (secondary N) is 2. The maximum Gasteiger partial charge on any atom is 0.304 e. The molecule has 31 heavy (non-hydrogen) atoms. The molecule has 1 heterocycles. The van der Waals surface area contributed by atoms with E-state index in [-0.39, 0.29) is 17.9 Å². The SMILES string of the molecule is Cc1cc(C)c(/C=[N+]2\NC(=O)[C@@H](NC(=O)c3ccccc3)[C@@H]2c2ccccc2)c(C)c1. The molecule has 156 valence electrons. The molecule has 1 fully saturated rings. The van der Waals surface area contributed by atoms with Crippen LogP contribution in [0.3, 0.4) is 0 Å². The van der Waals surface area contributed by atoms with Crippen LogP contribution in [0.15, 0.2) is 72.8 Å². The highest BCUT2D eigenvalue weighted by molar-refractivity contribution is 5.98. The summed E-state index contributed by atoms with van der Waals surface area (Å²) in [7, 11) is 0. The van der Waals surface area contributed by atoms with E-state index in [1.165, 1.54) is 5.56 Å². The van der Waals surface area contributed by atoms with Crippen LogP contribution in [0.5, 0.6) is 0 Å². The molecule has 0 bridgehead atoms. The van der Waals surface area contributed by atoms with Gasteiger partial charge in [-0.25, -0.2) is 0 Å². The lowest BCUT2D eigenvalue weighted by atomic mass is 9.98. The first-order chi connectivity index (χ1) is 14.9. The monoisotopic (exact) mass is 412 g/mol. The zero-order chi connectivity index (χ0) is 22.0. The fraction of sp³-hybridized carbons (Fsp3) is 0.192. The van der Waals surface area contributed by atoms with Crippen LogP contribution < -0.4 is 10.7 Å². The van der Waals surface area contributed by atoms with Gasteiger partial charge in [0.05, 0.1) is 0 Å². The molecule has 0 radical (unpaired) electrons. The number of benzene rings is 3. The summed E-state index contributed by atoms with van der Waals surface area (Å²) in [6.45, 7) is 6.20. The largest absolute Gasteiger partial charge is 0.334 e. The summed E-state index contributed by atoms with van der Waals surface area (Å²) in [4.78, 5) is 25.8. The van der Waals surface area contributed by atoms with Gasteiger partial charge >= 0.3 is 5.91 Å². The minimum Gasteiger partial charge on any atom is -0.334 e. The van der Waals surface area contributed by atoms with Crippen LogP contribution in [0, 0.1) is 20.8 Å². The van der Waals surface area contributed by atoms with Crippen molar-refractivity contribution < 1.29 is 14.3 Å². The van der Waals surface area contributed by atoms with E-state index in [2.05, 4.69) is 43.6 Å². The Morgan fingerprint density at radius 1 is 0.935 bits per heavy atom. The van der Waals surface area contributed by atoms with Gasteiger partial charge in [-0.05, 0) is 44.0 Å². The number of hydrazone groups is 1. The maximum absolute atomic E-state index is 13.0. The van der Waals surface area contributed by atoms with Crippen molar-refractivity contribution in [1.82, 2.24) is 10.7 Å². The van der Waals surface area contributed by atoms with Gasteiger partial charge in [0.1, 0.15) is 0 Å². The molecule has 0 spiro atoms. The van der Waals surface area contributed by atoms with E-state index in [9.17, 15) is 9.59 Å². The molecule has 4 rings (SSSR count). The Hall–Kier alpha value is -3.73. The quantitative estimate of drug-likeness (QED) is 0.643. The van der Waals surface area contributed by atoms with Crippen molar-refractivity contribution in [1.29, 1.82) is 0 Å². The summed E-state index contributed by atoms with van der Waals surface area (Å²) < 4.78 is 1.82. The average molecular weight is 413 g/mol. The number of hydrazine groups is 1. The maximum atomic E-state index is 13.0. The summed E-state index contributed by atoms with van der Waals surface area (Å²) in [6.07, 6.45) is 1.97. The molecule has 0 aliphatic carbocycles. The normalized spacial score (nSPS) is 19.3. The van der Waals surface area contributed by atoms with Crippen LogP contribution in [0.1, 0.15) is 44.2 Å². The third-order valence-corrected chi connectivity index (χ3v) is 5.61. The Kier molecular flexibility index (Phi) is 5.67. The number of carbonyl (C=O) groups is 2. The molecule has 2 amide bonds. The Labute approximate surface area is 182 Å². The number of aryl methyl sites for hydroxylation is 3. The van der Waals surface area contributed by atoms with Gasteiger partial charge in [0.25, 0.3) is 5.91 Å². The highest BCUT2D eigenvalue weighted by atomic mass is 16.2. The van der Waals surface area contributed by atoms with Gasteiger partial charge in [-0.2, -0.15) is 0 Å². The van der Waals surface area contributed by atoms with Crippen molar-refractivity contribution in [2.75, 3.05) is 0 Å². The van der Waals surface area contributed by atoms with E-state index < -0.39 is 6.04 Å². The Morgan fingerprint density at radius 3 is 2.13 bits per heavy atom. The van der Waals surface area contributed by atoms with E-state index in [0.29, 0.717) is 5.56 Å². The van der Waals surface area contributed by atoms with E-state index >= 15 is 0 Å². The molecule has 0 saturated carbocycles. The van der Waals surface area contributed by atoms with Crippen LogP contribution in [-0.4, -0.2) is 28.8 Å². The van der Waals surface area contributed by atoms with Gasteiger partial charge in [-0.1, -0.05) is 66.2 Å². The summed E-state index contributed by atoms with van der Waals surface area (Å²) in [5.74, 6) is -0.511. The predicted octanol–water partition coefficient (Wildman–Crippen LogP) is 3.63. The summed E-state index contributed by atoms with van der Waals surface area (Å²) in [5, 5.41) is 2.93. The van der Waals surface area contributed by atoms with Gasteiger partial charge in [-0.15, -0.1) is 10.1 Å². The number of rotatable bonds is 4. The first-order valence-corrected chi connectivity index (χ1v) is 10.4. The molecular formula is C26H26N3O2+. The number of hydrogen-bond acceptors (Lipinski definition) is 2. The molecule has 1 aliphatic rings. The minimum absolute atomic E-state index is 0.239. The topological polar surface area (TPSA) is 61.2 Å². The molecule has 5 nitrogen and oxygen atoms in total. The van der Waals surface area contributed by atoms with E-state index in [0.717, 1.165) is 22.3 Å². The van der Waals surface area contributed by atoms with Gasteiger partial charge in [-0.3, -0.25) is 9.59 Å². The molecule has 2 N–H and O–H groups in total. The van der Waals surface area contributed by atoms with Crippen LogP contribution in [0.25, 0.3) is 0 Å². The second-order valence-corrected chi connectivity index (χ2v) is 8.00. The first-order valence-electron chi connectivity index (χ1n) is 10.4. The fourth-order valence-corrected chi connectivity index (χ4v) is 4.18. The Bertz CT molecular complexity index is 1130. The lowest BCUT2D eigenvalue weighted by molar-refractivity contribution is -0.596. The second kappa shape index (κ2) is 8.56. The van der Waals surface area contributed by atoms with Gasteiger partial charge in [0.15, 0.2) is 6.04 Å². The molecule has 1 aliphatic heterocycles. The van der Waals surface area contributed by atoms with Gasteiger partial charge in [0.2, 0.25) is 12.3 Å². The summed E-state index contributed by atoms with van der Waals surface area (Å²) in [5.41, 5.74) is 8.94. The second-order valence-electron chi connectivity index (χ2n) is 8.00. The summed E-state index contributed by atoms with van der Waals surface area (Å²) in [6, 6.07) is 21.9. The molecule has 3 aromatic rings. The number of carbonyl (C=O) groups excluding carboxylic acids is 2. The molecule has 0 unspecified atom stereocenters. The highest BCUT2D eigenvalue weighted by Crippen LogP contribution is 2.26. The minimum atomic E-state index is -0.725.